The highest BCUT2D eigenvalue weighted by Crippen LogP contribution is 2.47. The maximum absolute atomic E-state index is 12.6. The Balaban J connectivity index is 2.56. The summed E-state index contributed by atoms with van der Waals surface area (Å²) in [5, 5.41) is 0. The van der Waals surface area contributed by atoms with Gasteiger partial charge in [0.25, 0.3) is 0 Å². The Kier molecular flexibility index (Phi) is 3.15. The molecule has 1 saturated carbocycles. The minimum Gasteiger partial charge on any atom is -0.496 e. The van der Waals surface area contributed by atoms with Crippen LogP contribution in [0.4, 0.5) is 0 Å². The molecule has 1 aliphatic rings. The minimum atomic E-state index is -3.34. The summed E-state index contributed by atoms with van der Waals surface area (Å²) in [5.41, 5.74) is 7.18. The lowest BCUT2D eigenvalue weighted by Gasteiger charge is -2.17. The van der Waals surface area contributed by atoms with Crippen LogP contribution in [0.2, 0.25) is 0 Å². The molecule has 0 aliphatic heterocycles. The van der Waals surface area contributed by atoms with Gasteiger partial charge >= 0.3 is 0 Å². The summed E-state index contributed by atoms with van der Waals surface area (Å²) in [6, 6.07) is 3.47. The van der Waals surface area contributed by atoms with Crippen LogP contribution in [-0.2, 0) is 9.84 Å². The zero-order valence-corrected chi connectivity index (χ0v) is 11.8. The van der Waals surface area contributed by atoms with Gasteiger partial charge in [-0.3, -0.25) is 0 Å². The number of aryl methyl sites for hydroxylation is 2. The number of hydrogen-bond acceptors (Lipinski definition) is 4. The number of methoxy groups -OCH3 is 1. The van der Waals surface area contributed by atoms with Crippen LogP contribution in [0.15, 0.2) is 17.0 Å². The molecule has 1 aromatic carbocycles. The summed E-state index contributed by atoms with van der Waals surface area (Å²) in [6.07, 6.45) is 1.33. The molecule has 0 saturated heterocycles. The van der Waals surface area contributed by atoms with E-state index in [-0.39, 0.29) is 6.54 Å². The van der Waals surface area contributed by atoms with Crippen molar-refractivity contribution >= 4 is 9.84 Å². The molecule has 1 aromatic rings. The number of benzene rings is 1. The number of ether oxygens (including phenoxy) is 1. The number of nitrogens with two attached hydrogens (primary N) is 1. The molecule has 0 atom stereocenters. The van der Waals surface area contributed by atoms with Crippen LogP contribution in [0.3, 0.4) is 0 Å². The Hall–Kier alpha value is -1.07. The molecular weight excluding hydrogens is 250 g/mol. The Bertz CT molecular complexity index is 574. The summed E-state index contributed by atoms with van der Waals surface area (Å²) in [6.45, 7) is 3.83. The van der Waals surface area contributed by atoms with Gasteiger partial charge in [-0.15, -0.1) is 0 Å². The maximum Gasteiger partial charge on any atom is 0.185 e. The largest absolute Gasteiger partial charge is 0.496 e. The van der Waals surface area contributed by atoms with Crippen LogP contribution in [0.5, 0.6) is 5.75 Å². The zero-order valence-electron chi connectivity index (χ0n) is 11.0. The second kappa shape index (κ2) is 4.24. The Labute approximate surface area is 108 Å². The number of sulfone groups is 1. The van der Waals surface area contributed by atoms with E-state index in [9.17, 15) is 8.42 Å². The third-order valence-electron chi connectivity index (χ3n) is 3.73. The van der Waals surface area contributed by atoms with Crippen molar-refractivity contribution in [1.82, 2.24) is 0 Å². The van der Waals surface area contributed by atoms with E-state index in [1.807, 2.05) is 6.92 Å². The van der Waals surface area contributed by atoms with Crippen molar-refractivity contribution in [3.8, 4) is 5.75 Å². The van der Waals surface area contributed by atoms with Crippen LogP contribution >= 0.6 is 0 Å². The number of rotatable bonds is 4. The highest BCUT2D eigenvalue weighted by Gasteiger charge is 2.54. The molecule has 2 rings (SSSR count). The molecule has 0 amide bonds. The van der Waals surface area contributed by atoms with E-state index < -0.39 is 14.6 Å². The van der Waals surface area contributed by atoms with Crippen molar-refractivity contribution in [2.75, 3.05) is 13.7 Å². The van der Waals surface area contributed by atoms with E-state index >= 15 is 0 Å². The molecule has 0 heterocycles. The summed E-state index contributed by atoms with van der Waals surface area (Å²) >= 11 is 0. The molecule has 0 aromatic heterocycles. The van der Waals surface area contributed by atoms with Crippen molar-refractivity contribution in [2.24, 2.45) is 5.73 Å². The molecule has 100 valence electrons. The maximum atomic E-state index is 12.6. The van der Waals surface area contributed by atoms with Crippen LogP contribution in [0, 0.1) is 13.8 Å². The van der Waals surface area contributed by atoms with E-state index in [0.29, 0.717) is 23.5 Å². The summed E-state index contributed by atoms with van der Waals surface area (Å²) in [5.74, 6) is 0.712. The summed E-state index contributed by atoms with van der Waals surface area (Å²) < 4.78 is 29.7. The lowest BCUT2D eigenvalue weighted by molar-refractivity contribution is 0.411. The second-order valence-corrected chi connectivity index (χ2v) is 7.29. The van der Waals surface area contributed by atoms with Crippen LogP contribution < -0.4 is 10.5 Å². The van der Waals surface area contributed by atoms with Crippen molar-refractivity contribution in [2.45, 2.75) is 36.3 Å². The lowest BCUT2D eigenvalue weighted by Crippen LogP contribution is -2.32. The first-order valence-electron chi connectivity index (χ1n) is 5.98. The Morgan fingerprint density at radius 2 is 1.89 bits per heavy atom. The fraction of sp³-hybridized carbons (Fsp3) is 0.538. The first-order valence-corrected chi connectivity index (χ1v) is 7.46. The van der Waals surface area contributed by atoms with Gasteiger partial charge in [-0.2, -0.15) is 0 Å². The van der Waals surface area contributed by atoms with Crippen molar-refractivity contribution in [3.05, 3.63) is 23.3 Å². The summed E-state index contributed by atoms with van der Waals surface area (Å²) in [4.78, 5) is 0.392. The van der Waals surface area contributed by atoms with E-state index in [1.165, 1.54) is 0 Å². The van der Waals surface area contributed by atoms with E-state index in [0.717, 1.165) is 11.1 Å². The van der Waals surface area contributed by atoms with Gasteiger partial charge < -0.3 is 10.5 Å². The average molecular weight is 269 g/mol. The minimum absolute atomic E-state index is 0.194. The van der Waals surface area contributed by atoms with Crippen LogP contribution in [0.1, 0.15) is 24.0 Å². The average Bonchev–Trinajstić information content (AvgIpc) is 3.12. The van der Waals surface area contributed by atoms with E-state index in [4.69, 9.17) is 10.5 Å². The van der Waals surface area contributed by atoms with E-state index in [1.54, 1.807) is 26.2 Å². The smallest absolute Gasteiger partial charge is 0.185 e. The van der Waals surface area contributed by atoms with Gasteiger partial charge in [0.15, 0.2) is 9.84 Å². The normalized spacial score (nSPS) is 17.6. The second-order valence-electron chi connectivity index (χ2n) is 4.98. The molecule has 0 radical (unpaired) electrons. The monoisotopic (exact) mass is 269 g/mol. The third kappa shape index (κ3) is 1.82. The fourth-order valence-corrected chi connectivity index (χ4v) is 4.37. The Morgan fingerprint density at radius 3 is 2.33 bits per heavy atom. The molecule has 4 nitrogen and oxygen atoms in total. The van der Waals surface area contributed by atoms with Crippen molar-refractivity contribution in [3.63, 3.8) is 0 Å². The highest BCUT2D eigenvalue weighted by molar-refractivity contribution is 7.93. The van der Waals surface area contributed by atoms with Gasteiger partial charge in [-0.25, -0.2) is 8.42 Å². The van der Waals surface area contributed by atoms with Gasteiger partial charge in [0.1, 0.15) is 5.75 Å². The predicted octanol–water partition coefficient (Wildman–Crippen LogP) is 1.58. The number of hydrogen-bond donors (Lipinski definition) is 1. The zero-order chi connectivity index (χ0) is 13.6. The molecule has 5 heteroatoms. The summed E-state index contributed by atoms with van der Waals surface area (Å²) in [7, 11) is -1.75. The van der Waals surface area contributed by atoms with Gasteiger partial charge in [0.2, 0.25) is 0 Å². The molecule has 0 spiro atoms. The SMILES string of the molecule is COc1cc(C)c(S(=O)(=O)C2(CN)CC2)cc1C. The first-order chi connectivity index (χ1) is 8.38. The standard InChI is InChI=1S/C13H19NO3S/c1-9-7-12(10(2)6-11(9)17-3)18(15,16)13(8-14)4-5-13/h6-7H,4-5,8,14H2,1-3H3. The molecule has 1 fully saturated rings. The molecule has 0 bridgehead atoms. The fourth-order valence-electron chi connectivity index (χ4n) is 2.23. The lowest BCUT2D eigenvalue weighted by atomic mass is 10.1. The molecule has 1 aliphatic carbocycles. The van der Waals surface area contributed by atoms with Gasteiger partial charge in [0.05, 0.1) is 16.8 Å². The third-order valence-corrected chi connectivity index (χ3v) is 6.47. The van der Waals surface area contributed by atoms with E-state index in [2.05, 4.69) is 0 Å². The van der Waals surface area contributed by atoms with Gasteiger partial charge in [0, 0.05) is 6.54 Å². The van der Waals surface area contributed by atoms with Crippen molar-refractivity contribution < 1.29 is 13.2 Å². The predicted molar refractivity (Wildman–Crippen MR) is 70.7 cm³/mol. The quantitative estimate of drug-likeness (QED) is 0.901. The van der Waals surface area contributed by atoms with Gasteiger partial charge in [-0.1, -0.05) is 0 Å². The topological polar surface area (TPSA) is 69.4 Å². The van der Waals surface area contributed by atoms with Crippen molar-refractivity contribution in [1.29, 1.82) is 0 Å². The van der Waals surface area contributed by atoms with Crippen LogP contribution in [-0.4, -0.2) is 26.8 Å². The van der Waals surface area contributed by atoms with Gasteiger partial charge in [-0.05, 0) is 49.9 Å². The van der Waals surface area contributed by atoms with Crippen LogP contribution in [0.25, 0.3) is 0 Å². The first kappa shape index (κ1) is 13.4. The molecular formula is C13H19NO3S. The Morgan fingerprint density at radius 1 is 1.28 bits per heavy atom. The molecule has 18 heavy (non-hydrogen) atoms. The molecule has 2 N–H and O–H groups in total. The molecule has 0 unspecified atom stereocenters. The highest BCUT2D eigenvalue weighted by atomic mass is 32.2.